The molecular weight excluding hydrogens is 240 g/mol. The van der Waals surface area contributed by atoms with Gasteiger partial charge in [-0.2, -0.15) is 0 Å². The average Bonchev–Trinajstić information content (AvgIpc) is 2.50. The van der Waals surface area contributed by atoms with E-state index in [-0.39, 0.29) is 0 Å². The summed E-state index contributed by atoms with van der Waals surface area (Å²) in [5.74, 6) is 0. The lowest BCUT2D eigenvalue weighted by Crippen LogP contribution is -1.79. The Hall–Kier alpha value is -0.780. The Bertz CT molecular complexity index is 229. The van der Waals surface area contributed by atoms with Crippen molar-refractivity contribution < 1.29 is 0 Å². The number of hydrogen-bond acceptors (Lipinski definition) is 0. The van der Waals surface area contributed by atoms with Gasteiger partial charge in [-0.05, 0) is 6.92 Å². The van der Waals surface area contributed by atoms with Gasteiger partial charge in [0.05, 0.1) is 0 Å². The average molecular weight is 279 g/mol. The molecule has 20 heavy (non-hydrogen) atoms. The van der Waals surface area contributed by atoms with Crippen molar-refractivity contribution in [2.75, 3.05) is 0 Å². The lowest BCUT2D eigenvalue weighted by atomic mass is 10.1. The zero-order valence-corrected chi connectivity index (χ0v) is 14.8. The SMILES string of the molecule is CC.CCCCCCCCCCC.Cc1ccccc1. The van der Waals surface area contributed by atoms with Gasteiger partial charge in [0.2, 0.25) is 0 Å². The number of rotatable bonds is 8. The van der Waals surface area contributed by atoms with Gasteiger partial charge in [0.15, 0.2) is 0 Å². The number of unbranched alkanes of at least 4 members (excludes halogenated alkanes) is 8. The van der Waals surface area contributed by atoms with Crippen molar-refractivity contribution in [1.82, 2.24) is 0 Å². The van der Waals surface area contributed by atoms with Crippen LogP contribution >= 0.6 is 0 Å². The van der Waals surface area contributed by atoms with Crippen LogP contribution in [-0.2, 0) is 0 Å². The van der Waals surface area contributed by atoms with Crippen molar-refractivity contribution in [1.29, 1.82) is 0 Å². The zero-order valence-electron chi connectivity index (χ0n) is 14.8. The molecule has 0 heteroatoms. The fourth-order valence-corrected chi connectivity index (χ4v) is 1.92. The van der Waals surface area contributed by atoms with Crippen molar-refractivity contribution in [3.63, 3.8) is 0 Å². The number of benzene rings is 1. The van der Waals surface area contributed by atoms with E-state index < -0.39 is 0 Å². The molecule has 0 N–H and O–H groups in total. The summed E-state index contributed by atoms with van der Waals surface area (Å²) in [6.45, 7) is 10.6. The van der Waals surface area contributed by atoms with Crippen LogP contribution in [0.3, 0.4) is 0 Å². The molecule has 0 saturated carbocycles. The highest BCUT2D eigenvalue weighted by Crippen LogP contribution is 2.08. The lowest BCUT2D eigenvalue weighted by Gasteiger charge is -1.98. The Kier molecular flexibility index (Phi) is 22.1. The van der Waals surface area contributed by atoms with E-state index in [1.54, 1.807) is 0 Å². The quantitative estimate of drug-likeness (QED) is 0.430. The molecule has 0 amide bonds. The molecule has 0 bridgehead atoms. The molecule has 0 unspecified atom stereocenters. The monoisotopic (exact) mass is 278 g/mol. The highest BCUT2D eigenvalue weighted by Gasteiger charge is 1.89. The molecule has 0 spiro atoms. The second-order valence-corrected chi connectivity index (χ2v) is 5.13. The van der Waals surface area contributed by atoms with E-state index in [1.807, 2.05) is 32.0 Å². The van der Waals surface area contributed by atoms with E-state index in [0.717, 1.165) is 0 Å². The smallest absolute Gasteiger partial charge is 0.0398 e. The molecule has 1 aromatic carbocycles. The Labute approximate surface area is 129 Å². The molecule has 0 radical (unpaired) electrons. The van der Waals surface area contributed by atoms with E-state index in [0.29, 0.717) is 0 Å². The van der Waals surface area contributed by atoms with Crippen LogP contribution in [0.25, 0.3) is 0 Å². The fourth-order valence-electron chi connectivity index (χ4n) is 1.92. The highest BCUT2D eigenvalue weighted by atomic mass is 13.9. The second-order valence-electron chi connectivity index (χ2n) is 5.13. The summed E-state index contributed by atoms with van der Waals surface area (Å²) in [5, 5.41) is 0. The fraction of sp³-hybridized carbons (Fsp3) is 0.700. The maximum Gasteiger partial charge on any atom is -0.0398 e. The maximum absolute atomic E-state index is 2.27. The Morgan fingerprint density at radius 3 is 1.20 bits per heavy atom. The molecule has 0 fully saturated rings. The van der Waals surface area contributed by atoms with Gasteiger partial charge in [-0.15, -0.1) is 0 Å². The van der Waals surface area contributed by atoms with Gasteiger partial charge in [0, 0.05) is 0 Å². The van der Waals surface area contributed by atoms with Crippen molar-refractivity contribution in [3.05, 3.63) is 35.9 Å². The molecule has 0 aliphatic rings. The molecule has 1 aromatic rings. The van der Waals surface area contributed by atoms with Gasteiger partial charge >= 0.3 is 0 Å². The van der Waals surface area contributed by atoms with E-state index in [1.165, 1.54) is 63.4 Å². The first kappa shape index (κ1) is 21.5. The summed E-state index contributed by atoms with van der Waals surface area (Å²) in [7, 11) is 0. The summed E-state index contributed by atoms with van der Waals surface area (Å²) in [6.07, 6.45) is 13.0. The third-order valence-corrected chi connectivity index (χ3v) is 3.15. The van der Waals surface area contributed by atoms with Crippen molar-refractivity contribution in [2.45, 2.75) is 92.4 Å². The van der Waals surface area contributed by atoms with E-state index in [4.69, 9.17) is 0 Å². The van der Waals surface area contributed by atoms with E-state index in [2.05, 4.69) is 32.9 Å². The summed E-state index contributed by atoms with van der Waals surface area (Å²) < 4.78 is 0. The molecule has 0 aliphatic heterocycles. The molecule has 0 saturated heterocycles. The Morgan fingerprint density at radius 1 is 0.600 bits per heavy atom. The predicted molar refractivity (Wildman–Crippen MR) is 95.4 cm³/mol. The third kappa shape index (κ3) is 19.6. The molecule has 0 atom stereocenters. The first-order chi connectivity index (χ1) is 9.81. The minimum Gasteiger partial charge on any atom is -0.0683 e. The minimum absolute atomic E-state index is 1.32. The maximum atomic E-state index is 2.27. The predicted octanol–water partition coefficient (Wildman–Crippen LogP) is 7.56. The molecule has 0 heterocycles. The largest absolute Gasteiger partial charge is 0.0683 e. The van der Waals surface area contributed by atoms with Gasteiger partial charge in [0.25, 0.3) is 0 Å². The van der Waals surface area contributed by atoms with Crippen molar-refractivity contribution >= 4 is 0 Å². The Morgan fingerprint density at radius 2 is 0.950 bits per heavy atom. The number of aryl methyl sites for hydroxylation is 1. The minimum atomic E-state index is 1.32. The van der Waals surface area contributed by atoms with Crippen LogP contribution in [0, 0.1) is 6.92 Å². The van der Waals surface area contributed by atoms with Gasteiger partial charge in [-0.3, -0.25) is 0 Å². The zero-order chi connectivity index (χ0) is 15.5. The standard InChI is InChI=1S/C11H24.C7H8.C2H6/c1-3-5-7-9-11-10-8-6-4-2;1-7-5-3-2-4-6-7;1-2/h3-11H2,1-2H3;2-6H,1H3;1-2H3. The molecule has 0 aliphatic carbocycles. The third-order valence-electron chi connectivity index (χ3n) is 3.15. The van der Waals surface area contributed by atoms with Crippen LogP contribution in [0.4, 0.5) is 0 Å². The van der Waals surface area contributed by atoms with Crippen LogP contribution in [-0.4, -0.2) is 0 Å². The summed E-state index contributed by atoms with van der Waals surface area (Å²) >= 11 is 0. The molecule has 1 rings (SSSR count). The van der Waals surface area contributed by atoms with Gasteiger partial charge in [0.1, 0.15) is 0 Å². The van der Waals surface area contributed by atoms with Crippen LogP contribution in [0.2, 0.25) is 0 Å². The first-order valence-corrected chi connectivity index (χ1v) is 8.82. The molecule has 118 valence electrons. The van der Waals surface area contributed by atoms with Crippen LogP contribution in [0.1, 0.15) is 91.0 Å². The van der Waals surface area contributed by atoms with Gasteiger partial charge < -0.3 is 0 Å². The van der Waals surface area contributed by atoms with E-state index in [9.17, 15) is 0 Å². The molecule has 0 nitrogen and oxygen atoms in total. The highest BCUT2D eigenvalue weighted by molar-refractivity contribution is 5.11. The van der Waals surface area contributed by atoms with Crippen molar-refractivity contribution in [2.24, 2.45) is 0 Å². The lowest BCUT2D eigenvalue weighted by molar-refractivity contribution is 0.572. The van der Waals surface area contributed by atoms with Gasteiger partial charge in [-0.25, -0.2) is 0 Å². The Balaban J connectivity index is 0. The van der Waals surface area contributed by atoms with Crippen LogP contribution < -0.4 is 0 Å². The topological polar surface area (TPSA) is 0 Å². The van der Waals surface area contributed by atoms with Gasteiger partial charge in [-0.1, -0.05) is 121 Å². The summed E-state index contributed by atoms with van der Waals surface area (Å²) in [5.41, 5.74) is 1.32. The van der Waals surface area contributed by atoms with E-state index >= 15 is 0 Å². The van der Waals surface area contributed by atoms with Crippen LogP contribution in [0.15, 0.2) is 30.3 Å². The van der Waals surface area contributed by atoms with Crippen LogP contribution in [0.5, 0.6) is 0 Å². The molecular formula is C20H38. The first-order valence-electron chi connectivity index (χ1n) is 8.82. The molecule has 0 aromatic heterocycles. The number of hydrogen-bond donors (Lipinski definition) is 0. The summed E-state index contributed by atoms with van der Waals surface area (Å²) in [4.78, 5) is 0. The normalized spacial score (nSPS) is 9.05. The summed E-state index contributed by atoms with van der Waals surface area (Å²) in [6, 6.07) is 10.3. The van der Waals surface area contributed by atoms with Crippen molar-refractivity contribution in [3.8, 4) is 0 Å². The second kappa shape index (κ2) is 20.5.